The predicted molar refractivity (Wildman–Crippen MR) is 59.6 cm³/mol. The fourth-order valence-electron chi connectivity index (χ4n) is 0.929. The van der Waals surface area contributed by atoms with E-state index in [-0.39, 0.29) is 0 Å². The van der Waals surface area contributed by atoms with Gasteiger partial charge in [-0.25, -0.2) is 0 Å². The van der Waals surface area contributed by atoms with Crippen LogP contribution in [0.15, 0.2) is 0 Å². The minimum absolute atomic E-state index is 0.358. The Balaban J connectivity index is 3.75. The second-order valence-electron chi connectivity index (χ2n) is 3.86. The summed E-state index contributed by atoms with van der Waals surface area (Å²) in [6.07, 6.45) is 1.08. The predicted octanol–water partition coefficient (Wildman–Crippen LogP) is 2.89. The second-order valence-corrected chi connectivity index (χ2v) is 5.62. The molecule has 0 saturated heterocycles. The van der Waals surface area contributed by atoms with Gasteiger partial charge in [-0.05, 0) is 12.3 Å². The lowest BCUT2D eigenvalue weighted by atomic mass is 10.1. The highest BCUT2D eigenvalue weighted by atomic mass is 32.2. The van der Waals surface area contributed by atoms with Gasteiger partial charge in [0.2, 0.25) is 0 Å². The molecule has 0 rings (SSSR count). The molecule has 12 heavy (non-hydrogen) atoms. The maximum Gasteiger partial charge on any atom is 0.0173 e. The number of thioether (sulfide) groups is 1. The van der Waals surface area contributed by atoms with Gasteiger partial charge in [0, 0.05) is 16.5 Å². The quantitative estimate of drug-likeness (QED) is 0.719. The number of rotatable bonds is 5. The highest BCUT2D eigenvalue weighted by Crippen LogP contribution is 2.25. The van der Waals surface area contributed by atoms with Gasteiger partial charge in [0.25, 0.3) is 0 Å². The molecule has 0 saturated carbocycles. The topological polar surface area (TPSA) is 26.0 Å². The van der Waals surface area contributed by atoms with Crippen molar-refractivity contribution >= 4 is 11.8 Å². The average molecular weight is 189 g/mol. The van der Waals surface area contributed by atoms with E-state index in [9.17, 15) is 0 Å². The summed E-state index contributed by atoms with van der Waals surface area (Å²) in [6, 6.07) is 0.358. The zero-order chi connectivity index (χ0) is 9.72. The van der Waals surface area contributed by atoms with E-state index in [1.807, 2.05) is 11.8 Å². The molecule has 74 valence electrons. The Hall–Kier alpha value is 0.310. The van der Waals surface area contributed by atoms with Crippen molar-refractivity contribution in [2.24, 2.45) is 11.7 Å². The van der Waals surface area contributed by atoms with E-state index in [1.165, 1.54) is 0 Å². The zero-order valence-electron chi connectivity index (χ0n) is 9.00. The van der Waals surface area contributed by atoms with Crippen LogP contribution in [0.25, 0.3) is 0 Å². The van der Waals surface area contributed by atoms with Crippen molar-refractivity contribution in [3.8, 4) is 0 Å². The van der Waals surface area contributed by atoms with Crippen molar-refractivity contribution in [2.45, 2.75) is 57.6 Å². The fourth-order valence-corrected chi connectivity index (χ4v) is 2.31. The fraction of sp³-hybridized carbons (Fsp3) is 1.00. The lowest BCUT2D eigenvalue weighted by Crippen LogP contribution is -2.31. The molecule has 0 bridgehead atoms. The van der Waals surface area contributed by atoms with Gasteiger partial charge >= 0.3 is 0 Å². The summed E-state index contributed by atoms with van der Waals surface area (Å²) in [4.78, 5) is 0. The molecule has 0 radical (unpaired) electrons. The molecule has 0 aliphatic rings. The first-order valence-electron chi connectivity index (χ1n) is 4.90. The molecular weight excluding hydrogens is 166 g/mol. The molecule has 3 unspecified atom stereocenters. The standard InChI is InChI=1S/C10H23NS/c1-6-10(11)9(5)12-8(4)7(2)3/h7-10H,6,11H2,1-5H3. The molecule has 0 amide bonds. The Kier molecular flexibility index (Phi) is 6.02. The van der Waals surface area contributed by atoms with Crippen LogP contribution in [0.5, 0.6) is 0 Å². The summed E-state index contributed by atoms with van der Waals surface area (Å²) in [5.41, 5.74) is 5.94. The summed E-state index contributed by atoms with van der Waals surface area (Å²) < 4.78 is 0. The average Bonchev–Trinajstić information content (AvgIpc) is 2.02. The van der Waals surface area contributed by atoms with Gasteiger partial charge in [-0.1, -0.05) is 34.6 Å². The van der Waals surface area contributed by atoms with E-state index in [1.54, 1.807) is 0 Å². The number of hydrogen-bond donors (Lipinski definition) is 1. The molecule has 0 aromatic rings. The van der Waals surface area contributed by atoms with Gasteiger partial charge < -0.3 is 5.73 Å². The van der Waals surface area contributed by atoms with Crippen molar-refractivity contribution in [2.75, 3.05) is 0 Å². The maximum atomic E-state index is 5.94. The molecule has 0 heterocycles. The third-order valence-corrected chi connectivity index (χ3v) is 4.19. The van der Waals surface area contributed by atoms with Crippen molar-refractivity contribution in [1.29, 1.82) is 0 Å². The molecule has 0 fully saturated rings. The van der Waals surface area contributed by atoms with E-state index in [2.05, 4.69) is 34.6 Å². The highest BCUT2D eigenvalue weighted by molar-refractivity contribution is 8.00. The Morgan fingerprint density at radius 2 is 1.58 bits per heavy atom. The van der Waals surface area contributed by atoms with E-state index < -0.39 is 0 Å². The Bertz CT molecular complexity index is 114. The molecule has 3 atom stereocenters. The zero-order valence-corrected chi connectivity index (χ0v) is 9.82. The SMILES string of the molecule is CCC(N)C(C)SC(C)C(C)C. The van der Waals surface area contributed by atoms with Crippen LogP contribution >= 0.6 is 11.8 Å². The number of hydrogen-bond acceptors (Lipinski definition) is 2. The largest absolute Gasteiger partial charge is 0.327 e. The van der Waals surface area contributed by atoms with E-state index in [0.717, 1.165) is 17.6 Å². The monoisotopic (exact) mass is 189 g/mol. The third kappa shape index (κ3) is 4.36. The van der Waals surface area contributed by atoms with E-state index >= 15 is 0 Å². The summed E-state index contributed by atoms with van der Waals surface area (Å²) in [5.74, 6) is 0.751. The normalized spacial score (nSPS) is 19.2. The molecular formula is C10H23NS. The van der Waals surface area contributed by atoms with Crippen LogP contribution in [0.1, 0.15) is 41.0 Å². The van der Waals surface area contributed by atoms with Gasteiger partial charge in [-0.3, -0.25) is 0 Å². The summed E-state index contributed by atoms with van der Waals surface area (Å²) in [7, 11) is 0. The summed E-state index contributed by atoms with van der Waals surface area (Å²) in [5, 5.41) is 1.31. The summed E-state index contributed by atoms with van der Waals surface area (Å²) in [6.45, 7) is 11.2. The molecule has 0 spiro atoms. The highest BCUT2D eigenvalue weighted by Gasteiger charge is 2.16. The number of nitrogens with two attached hydrogens (primary N) is 1. The lowest BCUT2D eigenvalue weighted by Gasteiger charge is -2.23. The smallest absolute Gasteiger partial charge is 0.0173 e. The molecule has 0 aromatic carbocycles. The molecule has 2 N–H and O–H groups in total. The molecule has 0 aliphatic carbocycles. The van der Waals surface area contributed by atoms with Crippen LogP contribution in [0.3, 0.4) is 0 Å². The van der Waals surface area contributed by atoms with Gasteiger partial charge in [0.1, 0.15) is 0 Å². The second kappa shape index (κ2) is 5.87. The van der Waals surface area contributed by atoms with Crippen LogP contribution in [-0.4, -0.2) is 16.5 Å². The minimum atomic E-state index is 0.358. The van der Waals surface area contributed by atoms with Crippen LogP contribution < -0.4 is 5.73 Å². The molecule has 1 nitrogen and oxygen atoms in total. The maximum absolute atomic E-state index is 5.94. The van der Waals surface area contributed by atoms with Crippen LogP contribution in [0.4, 0.5) is 0 Å². The van der Waals surface area contributed by atoms with Gasteiger partial charge in [-0.15, -0.1) is 0 Å². The Morgan fingerprint density at radius 1 is 1.08 bits per heavy atom. The lowest BCUT2D eigenvalue weighted by molar-refractivity contribution is 0.614. The van der Waals surface area contributed by atoms with Crippen molar-refractivity contribution in [1.82, 2.24) is 0 Å². The third-order valence-electron chi connectivity index (χ3n) is 2.44. The van der Waals surface area contributed by atoms with Crippen molar-refractivity contribution < 1.29 is 0 Å². The van der Waals surface area contributed by atoms with Gasteiger partial charge in [0.05, 0.1) is 0 Å². The van der Waals surface area contributed by atoms with E-state index in [0.29, 0.717) is 11.3 Å². The molecule has 2 heteroatoms. The van der Waals surface area contributed by atoms with Crippen LogP contribution in [0, 0.1) is 5.92 Å². The van der Waals surface area contributed by atoms with Crippen molar-refractivity contribution in [3.05, 3.63) is 0 Å². The van der Waals surface area contributed by atoms with Crippen molar-refractivity contribution in [3.63, 3.8) is 0 Å². The summed E-state index contributed by atoms with van der Waals surface area (Å²) >= 11 is 2.02. The first-order chi connectivity index (χ1) is 5.49. The first kappa shape index (κ1) is 12.3. The minimum Gasteiger partial charge on any atom is -0.327 e. The molecule has 0 aromatic heterocycles. The first-order valence-corrected chi connectivity index (χ1v) is 5.84. The van der Waals surface area contributed by atoms with Crippen LogP contribution in [0.2, 0.25) is 0 Å². The van der Waals surface area contributed by atoms with Gasteiger partial charge in [0.15, 0.2) is 0 Å². The van der Waals surface area contributed by atoms with Crippen LogP contribution in [-0.2, 0) is 0 Å². The molecule has 0 aliphatic heterocycles. The van der Waals surface area contributed by atoms with Gasteiger partial charge in [-0.2, -0.15) is 11.8 Å². The van der Waals surface area contributed by atoms with E-state index in [4.69, 9.17) is 5.73 Å². The Labute approximate surface area is 81.5 Å². The Morgan fingerprint density at radius 3 is 1.92 bits per heavy atom.